The lowest BCUT2D eigenvalue weighted by Gasteiger charge is -2.11. The van der Waals surface area contributed by atoms with Crippen LogP contribution in [0, 0.1) is 5.82 Å². The number of rotatable bonds is 1. The molecule has 1 N–H and O–H groups in total. The van der Waals surface area contributed by atoms with Crippen molar-refractivity contribution in [2.24, 2.45) is 0 Å². The third-order valence-corrected chi connectivity index (χ3v) is 3.83. The molecule has 0 spiro atoms. The van der Waals surface area contributed by atoms with Gasteiger partial charge in [-0.1, -0.05) is 6.42 Å². The minimum Gasteiger partial charge on any atom is -0.496 e. The molecule has 1 aromatic heterocycles. The minimum absolute atomic E-state index is 0.0815. The second kappa shape index (κ2) is 4.68. The van der Waals surface area contributed by atoms with Crippen molar-refractivity contribution in [3.63, 3.8) is 0 Å². The zero-order chi connectivity index (χ0) is 13.4. The summed E-state index contributed by atoms with van der Waals surface area (Å²) in [4.78, 5) is 15.7. The van der Waals surface area contributed by atoms with Gasteiger partial charge in [0.2, 0.25) is 0 Å². The summed E-state index contributed by atoms with van der Waals surface area (Å²) >= 11 is 0. The zero-order valence-corrected chi connectivity index (χ0v) is 10.9. The topological polar surface area (TPSA) is 42.1 Å². The Kier molecular flexibility index (Phi) is 3.01. The number of hydrogen-bond donors (Lipinski definition) is 1. The number of hydrogen-bond acceptors (Lipinski definition) is 2. The van der Waals surface area contributed by atoms with Gasteiger partial charge in [0.15, 0.2) is 5.43 Å². The molecule has 1 aromatic carbocycles. The van der Waals surface area contributed by atoms with Crippen molar-refractivity contribution in [1.29, 1.82) is 0 Å². The zero-order valence-electron chi connectivity index (χ0n) is 10.9. The molecule has 0 unspecified atom stereocenters. The number of nitrogens with one attached hydrogen (secondary N) is 1. The van der Waals surface area contributed by atoms with E-state index in [-0.39, 0.29) is 10.9 Å². The highest BCUT2D eigenvalue weighted by molar-refractivity contribution is 5.86. The number of aromatic amines is 1. The van der Waals surface area contributed by atoms with Crippen LogP contribution in [0.15, 0.2) is 16.9 Å². The van der Waals surface area contributed by atoms with Gasteiger partial charge in [-0.15, -0.1) is 0 Å². The smallest absolute Gasteiger partial charge is 0.196 e. The number of fused-ring (bicyclic) bond motifs is 2. The molecular weight excluding hydrogens is 245 g/mol. The third-order valence-electron chi connectivity index (χ3n) is 3.83. The first-order valence-electron chi connectivity index (χ1n) is 6.62. The minimum atomic E-state index is -0.403. The molecule has 1 aliphatic rings. The Morgan fingerprint density at radius 1 is 1.21 bits per heavy atom. The lowest BCUT2D eigenvalue weighted by Crippen LogP contribution is -2.15. The molecule has 0 amide bonds. The SMILES string of the molecule is COc1ccc(F)c2[nH]c3c(c(=O)c12)CCCCC3. The van der Waals surface area contributed by atoms with Crippen molar-refractivity contribution < 1.29 is 9.13 Å². The first-order chi connectivity index (χ1) is 9.22. The van der Waals surface area contributed by atoms with Crippen LogP contribution in [-0.4, -0.2) is 12.1 Å². The van der Waals surface area contributed by atoms with Crippen molar-refractivity contribution in [2.75, 3.05) is 7.11 Å². The van der Waals surface area contributed by atoms with E-state index in [2.05, 4.69) is 4.98 Å². The quantitative estimate of drug-likeness (QED) is 0.802. The standard InChI is InChI=1S/C15H16FNO2/c1-19-12-8-7-10(16)14-13(12)15(18)9-5-3-2-4-6-11(9)17-14/h7-8H,2-6H2,1H3,(H,17,18). The molecule has 1 aliphatic carbocycles. The van der Waals surface area contributed by atoms with E-state index in [0.29, 0.717) is 11.1 Å². The highest BCUT2D eigenvalue weighted by Crippen LogP contribution is 2.27. The molecule has 0 aliphatic heterocycles. The van der Waals surface area contributed by atoms with Crippen LogP contribution >= 0.6 is 0 Å². The fraction of sp³-hybridized carbons (Fsp3) is 0.400. The highest BCUT2D eigenvalue weighted by atomic mass is 19.1. The van der Waals surface area contributed by atoms with E-state index in [4.69, 9.17) is 4.74 Å². The summed E-state index contributed by atoms with van der Waals surface area (Å²) in [5.74, 6) is 0.0321. The molecule has 3 rings (SSSR count). The Morgan fingerprint density at radius 2 is 2.00 bits per heavy atom. The molecule has 1 heterocycles. The van der Waals surface area contributed by atoms with E-state index in [1.807, 2.05) is 0 Å². The molecule has 0 saturated carbocycles. The molecule has 0 saturated heterocycles. The monoisotopic (exact) mass is 261 g/mol. The normalized spacial score (nSPS) is 15.1. The lowest BCUT2D eigenvalue weighted by atomic mass is 10.0. The van der Waals surface area contributed by atoms with E-state index in [1.165, 1.54) is 19.2 Å². The number of halogens is 1. The van der Waals surface area contributed by atoms with Crippen molar-refractivity contribution in [2.45, 2.75) is 32.1 Å². The third kappa shape index (κ3) is 1.91. The maximum absolute atomic E-state index is 13.9. The molecule has 4 heteroatoms. The van der Waals surface area contributed by atoms with Gasteiger partial charge in [0.05, 0.1) is 18.0 Å². The summed E-state index contributed by atoms with van der Waals surface area (Å²) in [6, 6.07) is 2.84. The molecule has 3 nitrogen and oxygen atoms in total. The summed E-state index contributed by atoms with van der Waals surface area (Å²) in [7, 11) is 1.50. The first kappa shape index (κ1) is 12.2. The van der Waals surface area contributed by atoms with Gasteiger partial charge >= 0.3 is 0 Å². The Labute approximate surface area is 110 Å². The van der Waals surface area contributed by atoms with Gasteiger partial charge in [-0.25, -0.2) is 4.39 Å². The number of H-pyrrole nitrogens is 1. The fourth-order valence-corrected chi connectivity index (χ4v) is 2.85. The number of aryl methyl sites for hydroxylation is 1. The largest absolute Gasteiger partial charge is 0.496 e. The molecule has 0 fully saturated rings. The Bertz CT molecular complexity index is 691. The summed E-state index contributed by atoms with van der Waals surface area (Å²) < 4.78 is 19.1. The molecule has 2 aromatic rings. The molecule has 100 valence electrons. The average Bonchev–Trinajstić information content (AvgIpc) is 2.66. The van der Waals surface area contributed by atoms with Gasteiger partial charge in [-0.2, -0.15) is 0 Å². The Morgan fingerprint density at radius 3 is 2.79 bits per heavy atom. The van der Waals surface area contributed by atoms with Crippen LogP contribution in [0.3, 0.4) is 0 Å². The maximum Gasteiger partial charge on any atom is 0.196 e. The molecule has 0 atom stereocenters. The molecule has 0 bridgehead atoms. The van der Waals surface area contributed by atoms with Gasteiger partial charge < -0.3 is 9.72 Å². The first-order valence-corrected chi connectivity index (χ1v) is 6.62. The van der Waals surface area contributed by atoms with E-state index < -0.39 is 5.82 Å². The Hall–Kier alpha value is -1.84. The van der Waals surface area contributed by atoms with Crippen molar-refractivity contribution in [1.82, 2.24) is 4.98 Å². The predicted molar refractivity (Wildman–Crippen MR) is 72.3 cm³/mol. The van der Waals surface area contributed by atoms with Crippen LogP contribution in [0.25, 0.3) is 10.9 Å². The summed E-state index contributed by atoms with van der Waals surface area (Å²) in [6.45, 7) is 0. The average molecular weight is 261 g/mol. The van der Waals surface area contributed by atoms with Crippen LogP contribution in [-0.2, 0) is 12.8 Å². The second-order valence-corrected chi connectivity index (χ2v) is 4.97. The van der Waals surface area contributed by atoms with Crippen molar-refractivity contribution in [3.8, 4) is 5.75 Å². The van der Waals surface area contributed by atoms with Crippen molar-refractivity contribution in [3.05, 3.63) is 39.4 Å². The van der Waals surface area contributed by atoms with Gasteiger partial charge in [0.25, 0.3) is 0 Å². The lowest BCUT2D eigenvalue weighted by molar-refractivity contribution is 0.418. The van der Waals surface area contributed by atoms with Crippen LogP contribution < -0.4 is 10.2 Å². The summed E-state index contributed by atoms with van der Waals surface area (Å²) in [5, 5.41) is 0.336. The van der Waals surface area contributed by atoms with Gasteiger partial charge in [-0.05, 0) is 37.8 Å². The van der Waals surface area contributed by atoms with Crippen LogP contribution in [0.4, 0.5) is 4.39 Å². The predicted octanol–water partition coefficient (Wildman–Crippen LogP) is 2.94. The summed E-state index contributed by atoms with van der Waals surface area (Å²) in [5.41, 5.74) is 1.88. The van der Waals surface area contributed by atoms with Gasteiger partial charge in [-0.3, -0.25) is 4.79 Å². The molecule has 19 heavy (non-hydrogen) atoms. The highest BCUT2D eigenvalue weighted by Gasteiger charge is 2.18. The van der Waals surface area contributed by atoms with Crippen LogP contribution in [0.5, 0.6) is 5.75 Å². The number of benzene rings is 1. The molecule has 0 radical (unpaired) electrons. The van der Waals surface area contributed by atoms with Gasteiger partial charge in [0, 0.05) is 11.3 Å². The number of aromatic nitrogens is 1. The van der Waals surface area contributed by atoms with Crippen LogP contribution in [0.1, 0.15) is 30.5 Å². The van der Waals surface area contributed by atoms with Crippen molar-refractivity contribution >= 4 is 10.9 Å². The number of methoxy groups -OCH3 is 1. The van der Waals surface area contributed by atoms with Crippen LogP contribution in [0.2, 0.25) is 0 Å². The number of ether oxygens (including phenoxy) is 1. The fourth-order valence-electron chi connectivity index (χ4n) is 2.85. The van der Waals surface area contributed by atoms with E-state index in [1.54, 1.807) is 0 Å². The Balaban J connectivity index is 2.40. The van der Waals surface area contributed by atoms with Gasteiger partial charge in [0.1, 0.15) is 11.6 Å². The summed E-state index contributed by atoms with van der Waals surface area (Å²) in [6.07, 6.45) is 4.74. The second-order valence-electron chi connectivity index (χ2n) is 4.97. The number of pyridine rings is 1. The van der Waals surface area contributed by atoms with E-state index >= 15 is 0 Å². The molecular formula is C15H16FNO2. The van der Waals surface area contributed by atoms with E-state index in [9.17, 15) is 9.18 Å². The van der Waals surface area contributed by atoms with E-state index in [0.717, 1.165) is 43.4 Å². The maximum atomic E-state index is 13.9.